The van der Waals surface area contributed by atoms with Crippen molar-refractivity contribution in [1.82, 2.24) is 4.90 Å². The molecule has 1 fully saturated rings. The smallest absolute Gasteiger partial charge is 0.395 e. The third-order valence-corrected chi connectivity index (χ3v) is 2.92. The second-order valence-electron chi connectivity index (χ2n) is 3.92. The maximum Gasteiger partial charge on any atom is 0.397 e. The van der Waals surface area contributed by atoms with Crippen molar-refractivity contribution in [3.8, 4) is 0 Å². The van der Waals surface area contributed by atoms with Crippen LogP contribution in [0.5, 0.6) is 0 Å². The first kappa shape index (κ1) is 13.1. The van der Waals surface area contributed by atoms with E-state index in [9.17, 15) is 13.2 Å². The molecule has 1 saturated heterocycles. The van der Waals surface area contributed by atoms with E-state index in [0.29, 0.717) is 6.54 Å². The lowest BCUT2D eigenvalue weighted by atomic mass is 9.87. The Labute approximate surface area is 90.5 Å². The highest BCUT2D eigenvalue weighted by atomic mass is 19.4. The molecule has 92 valence electrons. The Morgan fingerprint density at radius 2 is 2.19 bits per heavy atom. The van der Waals surface area contributed by atoms with Gasteiger partial charge in [0.05, 0.1) is 6.61 Å². The van der Waals surface area contributed by atoms with Crippen LogP contribution in [0.3, 0.4) is 0 Å². The minimum absolute atomic E-state index is 0.108. The molecule has 0 radical (unpaired) electrons. The highest BCUT2D eigenvalue weighted by Crippen LogP contribution is 2.44. The van der Waals surface area contributed by atoms with Crippen LogP contribution in [0.25, 0.3) is 10.4 Å². The molecular formula is C8H13F3N4O. The fraction of sp³-hybridized carbons (Fsp3) is 1.00. The first-order valence-electron chi connectivity index (χ1n) is 4.86. The van der Waals surface area contributed by atoms with Gasteiger partial charge in [-0.15, -0.1) is 0 Å². The van der Waals surface area contributed by atoms with Crippen LogP contribution >= 0.6 is 0 Å². The van der Waals surface area contributed by atoms with Crippen LogP contribution in [0.4, 0.5) is 13.2 Å². The molecule has 0 aromatic rings. The van der Waals surface area contributed by atoms with Gasteiger partial charge in [-0.1, -0.05) is 5.11 Å². The van der Waals surface area contributed by atoms with Crippen molar-refractivity contribution in [3.63, 3.8) is 0 Å². The van der Waals surface area contributed by atoms with E-state index in [1.807, 2.05) is 0 Å². The van der Waals surface area contributed by atoms with E-state index < -0.39 is 18.2 Å². The molecule has 5 nitrogen and oxygen atoms in total. The number of nitrogens with zero attached hydrogens (tertiary/aromatic N) is 4. The van der Waals surface area contributed by atoms with Gasteiger partial charge in [0.2, 0.25) is 0 Å². The van der Waals surface area contributed by atoms with Crippen LogP contribution < -0.4 is 0 Å². The Morgan fingerprint density at radius 3 is 2.62 bits per heavy atom. The van der Waals surface area contributed by atoms with Crippen LogP contribution in [0.2, 0.25) is 0 Å². The predicted octanol–water partition coefficient (Wildman–Crippen LogP) is 1.54. The van der Waals surface area contributed by atoms with Crippen molar-refractivity contribution >= 4 is 0 Å². The van der Waals surface area contributed by atoms with Gasteiger partial charge in [0.1, 0.15) is 5.41 Å². The molecule has 1 N–H and O–H groups in total. The van der Waals surface area contributed by atoms with E-state index >= 15 is 0 Å². The number of aliphatic hydroxyl groups is 1. The standard InChI is InChI=1S/C8H13F3N4O/c9-8(10,11)7(6-16)1-3-15(5-7)4-2-13-14-12/h16H,1-6H2. The Hall–Kier alpha value is -0.980. The second kappa shape index (κ2) is 4.90. The number of aliphatic hydroxyl groups excluding tert-OH is 1. The Morgan fingerprint density at radius 1 is 1.50 bits per heavy atom. The van der Waals surface area contributed by atoms with E-state index in [1.54, 1.807) is 4.90 Å². The lowest BCUT2D eigenvalue weighted by molar-refractivity contribution is -0.230. The van der Waals surface area contributed by atoms with E-state index in [4.69, 9.17) is 10.6 Å². The van der Waals surface area contributed by atoms with Crippen molar-refractivity contribution in [2.24, 2.45) is 10.5 Å². The summed E-state index contributed by atoms with van der Waals surface area (Å²) in [4.78, 5) is 4.08. The summed E-state index contributed by atoms with van der Waals surface area (Å²) in [5.41, 5.74) is 6.03. The van der Waals surface area contributed by atoms with Crippen LogP contribution in [0, 0.1) is 5.41 Å². The van der Waals surface area contributed by atoms with Gasteiger partial charge in [-0.25, -0.2) is 0 Å². The number of rotatable bonds is 4. The average Bonchev–Trinajstić information content (AvgIpc) is 2.62. The number of alkyl halides is 3. The highest BCUT2D eigenvalue weighted by Gasteiger charge is 2.57. The number of azide groups is 1. The van der Waals surface area contributed by atoms with Gasteiger partial charge in [0.25, 0.3) is 0 Å². The fourth-order valence-corrected chi connectivity index (χ4v) is 1.83. The maximum atomic E-state index is 12.7. The Bertz CT molecular complexity index is 289. The molecule has 1 heterocycles. The normalized spacial score (nSPS) is 26.8. The molecule has 1 unspecified atom stereocenters. The zero-order valence-corrected chi connectivity index (χ0v) is 8.61. The molecule has 1 atom stereocenters. The van der Waals surface area contributed by atoms with Crippen molar-refractivity contribution in [1.29, 1.82) is 0 Å². The first-order valence-corrected chi connectivity index (χ1v) is 4.86. The van der Waals surface area contributed by atoms with Crippen molar-refractivity contribution < 1.29 is 18.3 Å². The lowest BCUT2D eigenvalue weighted by Gasteiger charge is -2.29. The quantitative estimate of drug-likeness (QED) is 0.458. The Balaban J connectivity index is 2.58. The molecule has 0 bridgehead atoms. The van der Waals surface area contributed by atoms with E-state index in [2.05, 4.69) is 10.0 Å². The van der Waals surface area contributed by atoms with Crippen molar-refractivity contribution in [2.45, 2.75) is 12.6 Å². The fourth-order valence-electron chi connectivity index (χ4n) is 1.83. The number of hydrogen-bond acceptors (Lipinski definition) is 3. The topological polar surface area (TPSA) is 72.2 Å². The summed E-state index contributed by atoms with van der Waals surface area (Å²) in [5.74, 6) is 0. The largest absolute Gasteiger partial charge is 0.397 e. The zero-order valence-electron chi connectivity index (χ0n) is 8.61. The molecule has 0 aliphatic carbocycles. The van der Waals surface area contributed by atoms with Crippen LogP contribution in [-0.4, -0.2) is 49.0 Å². The molecule has 1 aliphatic heterocycles. The second-order valence-corrected chi connectivity index (χ2v) is 3.92. The number of halogens is 3. The maximum absolute atomic E-state index is 12.7. The number of likely N-dealkylation sites (tertiary alicyclic amines) is 1. The molecule has 0 amide bonds. The molecule has 16 heavy (non-hydrogen) atoms. The average molecular weight is 238 g/mol. The van der Waals surface area contributed by atoms with E-state index in [-0.39, 0.29) is 26.1 Å². The summed E-state index contributed by atoms with van der Waals surface area (Å²) in [6.45, 7) is -0.415. The van der Waals surface area contributed by atoms with Gasteiger partial charge in [-0.05, 0) is 18.5 Å². The van der Waals surface area contributed by atoms with E-state index in [0.717, 1.165) is 0 Å². The minimum atomic E-state index is -4.39. The summed E-state index contributed by atoms with van der Waals surface area (Å²) >= 11 is 0. The zero-order chi connectivity index (χ0) is 12.2. The third-order valence-electron chi connectivity index (χ3n) is 2.92. The molecule has 1 aliphatic rings. The molecular weight excluding hydrogens is 225 g/mol. The van der Waals surface area contributed by atoms with Crippen molar-refractivity contribution in [2.75, 3.05) is 32.8 Å². The minimum Gasteiger partial charge on any atom is -0.395 e. The molecule has 1 rings (SSSR count). The van der Waals surface area contributed by atoms with Crippen LogP contribution in [0.1, 0.15) is 6.42 Å². The van der Waals surface area contributed by atoms with Gasteiger partial charge in [0.15, 0.2) is 0 Å². The van der Waals surface area contributed by atoms with Crippen LogP contribution in [0.15, 0.2) is 5.11 Å². The van der Waals surface area contributed by atoms with Crippen molar-refractivity contribution in [3.05, 3.63) is 10.4 Å². The van der Waals surface area contributed by atoms with Gasteiger partial charge in [0, 0.05) is 24.5 Å². The summed E-state index contributed by atoms with van der Waals surface area (Å²) in [6, 6.07) is 0. The third kappa shape index (κ3) is 2.58. The number of hydrogen-bond donors (Lipinski definition) is 1. The van der Waals surface area contributed by atoms with Gasteiger partial charge in [-0.3, -0.25) is 0 Å². The SMILES string of the molecule is [N-]=[N+]=NCCN1CCC(CO)(C(F)(F)F)C1. The molecule has 0 saturated carbocycles. The lowest BCUT2D eigenvalue weighted by Crippen LogP contribution is -2.43. The first-order chi connectivity index (χ1) is 7.45. The summed E-state index contributed by atoms with van der Waals surface area (Å²) < 4.78 is 38.1. The van der Waals surface area contributed by atoms with Gasteiger partial charge < -0.3 is 10.0 Å². The predicted molar refractivity (Wildman–Crippen MR) is 50.6 cm³/mol. The van der Waals surface area contributed by atoms with Crippen LogP contribution in [-0.2, 0) is 0 Å². The van der Waals surface area contributed by atoms with Gasteiger partial charge in [-0.2, -0.15) is 13.2 Å². The van der Waals surface area contributed by atoms with Gasteiger partial charge >= 0.3 is 6.18 Å². The molecule has 0 spiro atoms. The molecule has 8 heteroatoms. The highest BCUT2D eigenvalue weighted by molar-refractivity contribution is 4.95. The molecule has 0 aromatic heterocycles. The monoisotopic (exact) mass is 238 g/mol. The summed E-state index contributed by atoms with van der Waals surface area (Å²) in [7, 11) is 0. The summed E-state index contributed by atoms with van der Waals surface area (Å²) in [6.07, 6.45) is -4.50. The summed E-state index contributed by atoms with van der Waals surface area (Å²) in [5, 5.41) is 12.2. The Kier molecular flexibility index (Phi) is 4.01. The molecule has 0 aromatic carbocycles. The van der Waals surface area contributed by atoms with E-state index in [1.165, 1.54) is 0 Å².